The van der Waals surface area contributed by atoms with Crippen molar-refractivity contribution < 1.29 is 9.66 Å². The minimum atomic E-state index is -0.499. The maximum Gasteiger partial charge on any atom is 0.292 e. The predicted molar refractivity (Wildman–Crippen MR) is 80.1 cm³/mol. The first-order chi connectivity index (χ1) is 9.56. The molecule has 0 spiro atoms. The molecule has 2 rings (SSSR count). The first-order valence-electron chi connectivity index (χ1n) is 5.91. The second-order valence-electron chi connectivity index (χ2n) is 4.27. The van der Waals surface area contributed by atoms with Crippen LogP contribution in [0.15, 0.2) is 46.9 Å². The molecule has 0 aromatic heterocycles. The lowest BCUT2D eigenvalue weighted by atomic mass is 10.2. The lowest BCUT2D eigenvalue weighted by Gasteiger charge is -2.06. The molecule has 0 fully saturated rings. The van der Waals surface area contributed by atoms with Gasteiger partial charge in [-0.3, -0.25) is 10.1 Å². The summed E-state index contributed by atoms with van der Waals surface area (Å²) in [6.45, 7) is 0.824. The molecule has 20 heavy (non-hydrogen) atoms. The average Bonchev–Trinajstić information content (AvgIpc) is 2.38. The van der Waals surface area contributed by atoms with Gasteiger partial charge < -0.3 is 10.5 Å². The van der Waals surface area contributed by atoms with Crippen molar-refractivity contribution in [1.29, 1.82) is 0 Å². The SMILES string of the molecule is Nc1cc(COCc2cccc(Br)c2)ccc1[N+](=O)[O-]. The number of hydrogen-bond donors (Lipinski definition) is 1. The largest absolute Gasteiger partial charge is 0.393 e. The van der Waals surface area contributed by atoms with Crippen LogP contribution in [0.3, 0.4) is 0 Å². The number of hydrogen-bond acceptors (Lipinski definition) is 4. The number of nitrogen functional groups attached to an aromatic ring is 1. The summed E-state index contributed by atoms with van der Waals surface area (Å²) in [5, 5.41) is 10.7. The van der Waals surface area contributed by atoms with Crippen LogP contribution in [0.1, 0.15) is 11.1 Å². The zero-order valence-electron chi connectivity index (χ0n) is 10.6. The smallest absolute Gasteiger partial charge is 0.292 e. The Balaban J connectivity index is 1.94. The monoisotopic (exact) mass is 336 g/mol. The zero-order chi connectivity index (χ0) is 14.5. The fourth-order valence-corrected chi connectivity index (χ4v) is 2.22. The van der Waals surface area contributed by atoms with Crippen LogP contribution in [0.4, 0.5) is 11.4 Å². The first kappa shape index (κ1) is 14.5. The average molecular weight is 337 g/mol. The van der Waals surface area contributed by atoms with E-state index in [1.54, 1.807) is 12.1 Å². The Morgan fingerprint density at radius 2 is 1.85 bits per heavy atom. The van der Waals surface area contributed by atoms with E-state index in [1.807, 2.05) is 24.3 Å². The number of rotatable bonds is 5. The van der Waals surface area contributed by atoms with Crippen molar-refractivity contribution >= 4 is 27.3 Å². The molecule has 0 aliphatic carbocycles. The highest BCUT2D eigenvalue weighted by atomic mass is 79.9. The van der Waals surface area contributed by atoms with Gasteiger partial charge >= 0.3 is 0 Å². The summed E-state index contributed by atoms with van der Waals surface area (Å²) in [6.07, 6.45) is 0. The van der Waals surface area contributed by atoms with E-state index in [9.17, 15) is 10.1 Å². The minimum absolute atomic E-state index is 0.0826. The Hall–Kier alpha value is -1.92. The number of nitro benzene ring substituents is 1. The Bertz CT molecular complexity index is 632. The van der Waals surface area contributed by atoms with E-state index in [0.29, 0.717) is 13.2 Å². The molecule has 0 unspecified atom stereocenters. The van der Waals surface area contributed by atoms with Gasteiger partial charge in [-0.05, 0) is 35.4 Å². The maximum atomic E-state index is 10.7. The van der Waals surface area contributed by atoms with Crippen molar-refractivity contribution in [3.05, 3.63) is 68.2 Å². The molecule has 0 aliphatic heterocycles. The summed E-state index contributed by atoms with van der Waals surface area (Å²) in [5.74, 6) is 0. The van der Waals surface area contributed by atoms with Gasteiger partial charge in [-0.1, -0.05) is 28.1 Å². The number of anilines is 1. The van der Waals surface area contributed by atoms with Gasteiger partial charge in [-0.2, -0.15) is 0 Å². The molecule has 0 amide bonds. The van der Waals surface area contributed by atoms with Crippen LogP contribution in [0, 0.1) is 10.1 Å². The molecule has 6 heteroatoms. The Kier molecular flexibility index (Phi) is 4.70. The van der Waals surface area contributed by atoms with Crippen molar-refractivity contribution in [2.24, 2.45) is 0 Å². The van der Waals surface area contributed by atoms with Crippen LogP contribution >= 0.6 is 15.9 Å². The van der Waals surface area contributed by atoms with Gasteiger partial charge in [-0.25, -0.2) is 0 Å². The first-order valence-corrected chi connectivity index (χ1v) is 6.70. The molecule has 5 nitrogen and oxygen atoms in total. The van der Waals surface area contributed by atoms with Crippen LogP contribution in [-0.4, -0.2) is 4.92 Å². The second-order valence-corrected chi connectivity index (χ2v) is 5.19. The highest BCUT2D eigenvalue weighted by Gasteiger charge is 2.10. The van der Waals surface area contributed by atoms with E-state index in [1.165, 1.54) is 6.07 Å². The van der Waals surface area contributed by atoms with E-state index in [4.69, 9.17) is 10.5 Å². The van der Waals surface area contributed by atoms with Crippen LogP contribution < -0.4 is 5.73 Å². The van der Waals surface area contributed by atoms with Crippen LogP contribution in [0.5, 0.6) is 0 Å². The molecule has 0 bridgehead atoms. The van der Waals surface area contributed by atoms with Gasteiger partial charge in [-0.15, -0.1) is 0 Å². The lowest BCUT2D eigenvalue weighted by Crippen LogP contribution is -1.99. The minimum Gasteiger partial charge on any atom is -0.393 e. The summed E-state index contributed by atoms with van der Waals surface area (Å²) < 4.78 is 6.57. The predicted octanol–water partition coefficient (Wildman–Crippen LogP) is 3.66. The topological polar surface area (TPSA) is 78.4 Å². The molecule has 0 heterocycles. The van der Waals surface area contributed by atoms with Gasteiger partial charge in [0.2, 0.25) is 0 Å². The number of benzene rings is 2. The van der Waals surface area contributed by atoms with Gasteiger partial charge in [0, 0.05) is 10.5 Å². The van der Waals surface area contributed by atoms with Crippen molar-refractivity contribution in [1.82, 2.24) is 0 Å². The molecular weight excluding hydrogens is 324 g/mol. The normalized spacial score (nSPS) is 10.4. The summed E-state index contributed by atoms with van der Waals surface area (Å²) in [5.41, 5.74) is 7.55. The highest BCUT2D eigenvalue weighted by Crippen LogP contribution is 2.22. The van der Waals surface area contributed by atoms with Gasteiger partial charge in [0.1, 0.15) is 5.69 Å². The van der Waals surface area contributed by atoms with Gasteiger partial charge in [0.25, 0.3) is 5.69 Å². The maximum absolute atomic E-state index is 10.7. The second kappa shape index (κ2) is 6.49. The summed E-state index contributed by atoms with van der Waals surface area (Å²) in [4.78, 5) is 10.2. The summed E-state index contributed by atoms with van der Waals surface area (Å²) in [7, 11) is 0. The molecule has 2 aromatic carbocycles. The van der Waals surface area contributed by atoms with E-state index >= 15 is 0 Å². The molecule has 2 N–H and O–H groups in total. The van der Waals surface area contributed by atoms with Gasteiger partial charge in [0.15, 0.2) is 0 Å². The Morgan fingerprint density at radius 1 is 1.15 bits per heavy atom. The Morgan fingerprint density at radius 3 is 2.45 bits per heavy atom. The molecule has 0 atom stereocenters. The number of nitro groups is 1. The zero-order valence-corrected chi connectivity index (χ0v) is 12.2. The molecule has 104 valence electrons. The fraction of sp³-hybridized carbons (Fsp3) is 0.143. The van der Waals surface area contributed by atoms with Crippen molar-refractivity contribution in [2.75, 3.05) is 5.73 Å². The molecule has 0 radical (unpaired) electrons. The van der Waals surface area contributed by atoms with Crippen LogP contribution in [-0.2, 0) is 18.0 Å². The fourth-order valence-electron chi connectivity index (χ4n) is 1.77. The lowest BCUT2D eigenvalue weighted by molar-refractivity contribution is -0.383. The number of nitrogens with two attached hydrogens (primary N) is 1. The third-order valence-corrected chi connectivity index (χ3v) is 3.21. The summed E-state index contributed by atoms with van der Waals surface area (Å²) >= 11 is 3.39. The molecule has 2 aromatic rings. The van der Waals surface area contributed by atoms with Crippen LogP contribution in [0.2, 0.25) is 0 Å². The Labute approximate surface area is 124 Å². The van der Waals surface area contributed by atoms with Crippen molar-refractivity contribution in [3.63, 3.8) is 0 Å². The van der Waals surface area contributed by atoms with Crippen LogP contribution in [0.25, 0.3) is 0 Å². The van der Waals surface area contributed by atoms with E-state index in [0.717, 1.165) is 15.6 Å². The van der Waals surface area contributed by atoms with E-state index in [2.05, 4.69) is 15.9 Å². The highest BCUT2D eigenvalue weighted by molar-refractivity contribution is 9.10. The molecular formula is C14H13BrN2O3. The van der Waals surface area contributed by atoms with Crippen molar-refractivity contribution in [2.45, 2.75) is 13.2 Å². The number of ether oxygens (including phenoxy) is 1. The molecule has 0 saturated heterocycles. The number of halogens is 1. The quantitative estimate of drug-likeness (QED) is 0.513. The molecule has 0 saturated carbocycles. The third-order valence-electron chi connectivity index (χ3n) is 2.72. The van der Waals surface area contributed by atoms with Crippen molar-refractivity contribution in [3.8, 4) is 0 Å². The molecule has 0 aliphatic rings. The third kappa shape index (κ3) is 3.79. The number of nitrogens with zero attached hydrogens (tertiary/aromatic N) is 1. The van der Waals surface area contributed by atoms with E-state index in [-0.39, 0.29) is 11.4 Å². The van der Waals surface area contributed by atoms with E-state index < -0.39 is 4.92 Å². The standard InChI is InChI=1S/C14H13BrN2O3/c15-12-3-1-2-10(6-12)8-20-9-11-4-5-14(17(18)19)13(16)7-11/h1-7H,8-9,16H2. The summed E-state index contributed by atoms with van der Waals surface area (Å²) in [6, 6.07) is 12.4. The van der Waals surface area contributed by atoms with Gasteiger partial charge in [0.05, 0.1) is 18.1 Å².